The Balaban J connectivity index is 1.57. The lowest BCUT2D eigenvalue weighted by molar-refractivity contribution is -0.145. The van der Waals surface area contributed by atoms with E-state index < -0.39 is 23.0 Å². The Labute approximate surface area is 195 Å². The molecule has 6 nitrogen and oxygen atoms in total. The van der Waals surface area contributed by atoms with Crippen LogP contribution in [0, 0.1) is 0 Å². The molecule has 0 amide bonds. The first-order valence-corrected chi connectivity index (χ1v) is 11.6. The van der Waals surface area contributed by atoms with E-state index in [0.29, 0.717) is 10.6 Å². The second kappa shape index (κ2) is 10.8. The van der Waals surface area contributed by atoms with Crippen LogP contribution in [0.2, 0.25) is 0 Å². The maximum atomic E-state index is 13.5. The first kappa shape index (κ1) is 22.6. The molecule has 4 aromatic rings. The van der Waals surface area contributed by atoms with Gasteiger partial charge in [-0.1, -0.05) is 66.7 Å². The highest BCUT2D eigenvalue weighted by atomic mass is 32.2. The highest BCUT2D eigenvalue weighted by Crippen LogP contribution is 2.31. The third kappa shape index (κ3) is 5.63. The largest absolute Gasteiger partial charge is 0.495 e. The van der Waals surface area contributed by atoms with Gasteiger partial charge in [0.2, 0.25) is 0 Å². The summed E-state index contributed by atoms with van der Waals surface area (Å²) in [6.45, 7) is 0.180. The fourth-order valence-corrected chi connectivity index (χ4v) is 4.85. The molecule has 0 fully saturated rings. The van der Waals surface area contributed by atoms with Crippen molar-refractivity contribution in [3.63, 3.8) is 0 Å². The number of fused-ring (bicyclic) bond motifs is 1. The smallest absolute Gasteiger partial charge is 0.308 e. The van der Waals surface area contributed by atoms with Crippen LogP contribution in [-0.2, 0) is 27.1 Å². The molecule has 0 aliphatic carbocycles. The van der Waals surface area contributed by atoms with E-state index in [-0.39, 0.29) is 13.0 Å². The molecule has 4 rings (SSSR count). The quantitative estimate of drug-likeness (QED) is 0.366. The van der Waals surface area contributed by atoms with Crippen LogP contribution in [0.4, 0.5) is 0 Å². The van der Waals surface area contributed by atoms with Crippen molar-refractivity contribution in [2.45, 2.75) is 24.0 Å². The normalized spacial score (nSPS) is 12.8. The van der Waals surface area contributed by atoms with Crippen LogP contribution in [0.3, 0.4) is 0 Å². The maximum absolute atomic E-state index is 13.5. The monoisotopic (exact) mass is 460 g/mol. The number of ether oxygens (including phenoxy) is 2. The van der Waals surface area contributed by atoms with Crippen LogP contribution in [0.5, 0.6) is 5.75 Å². The van der Waals surface area contributed by atoms with Crippen LogP contribution >= 0.6 is 0 Å². The van der Waals surface area contributed by atoms with Gasteiger partial charge in [-0.3, -0.25) is 9.78 Å². The van der Waals surface area contributed by atoms with E-state index in [4.69, 9.17) is 9.47 Å². The number of benzene rings is 3. The van der Waals surface area contributed by atoms with Crippen molar-refractivity contribution in [1.82, 2.24) is 9.71 Å². The lowest BCUT2D eigenvalue weighted by Gasteiger charge is -2.19. The molecule has 0 aliphatic rings. The molecule has 168 valence electrons. The van der Waals surface area contributed by atoms with E-state index in [0.717, 1.165) is 21.9 Å². The van der Waals surface area contributed by atoms with Gasteiger partial charge in [-0.05, 0) is 28.6 Å². The first-order chi connectivity index (χ1) is 16.2. The number of rotatable bonds is 9. The van der Waals surface area contributed by atoms with Crippen molar-refractivity contribution < 1.29 is 18.5 Å². The zero-order valence-electron chi connectivity index (χ0n) is 18.1. The minimum atomic E-state index is -1.67. The number of hydrogen-bond donors (Lipinski definition) is 1. The van der Waals surface area contributed by atoms with Crippen LogP contribution in [0.1, 0.15) is 23.6 Å². The predicted molar refractivity (Wildman–Crippen MR) is 128 cm³/mol. The standard InChI is InChI=1S/C26H24N2O4S/c1-31-24-14-13-20-10-5-6-12-22(20)26(24)33(30)28-23(21-11-7-15-27-17-21)16-25(29)32-18-19-8-3-2-4-9-19/h2-15,17,23,28H,16,18H2,1H3/t23-,33+/m0/s1. The van der Waals surface area contributed by atoms with Crippen molar-refractivity contribution in [1.29, 1.82) is 0 Å². The molecule has 0 saturated carbocycles. The molecular formula is C26H24N2O4S. The fraction of sp³-hybridized carbons (Fsp3) is 0.154. The summed E-state index contributed by atoms with van der Waals surface area (Å²) in [7, 11) is -0.121. The lowest BCUT2D eigenvalue weighted by Crippen LogP contribution is -2.27. The summed E-state index contributed by atoms with van der Waals surface area (Å²) in [6, 6.07) is 23.9. The second-order valence-electron chi connectivity index (χ2n) is 7.39. The number of carbonyl (C=O) groups is 1. The third-order valence-corrected chi connectivity index (χ3v) is 6.49. The van der Waals surface area contributed by atoms with E-state index in [1.54, 1.807) is 31.6 Å². The van der Waals surface area contributed by atoms with Gasteiger partial charge < -0.3 is 9.47 Å². The van der Waals surface area contributed by atoms with Crippen LogP contribution < -0.4 is 9.46 Å². The van der Waals surface area contributed by atoms with E-state index in [2.05, 4.69) is 9.71 Å². The predicted octanol–water partition coefficient (Wildman–Crippen LogP) is 4.73. The first-order valence-electron chi connectivity index (χ1n) is 10.5. The SMILES string of the molecule is COc1ccc2ccccc2c1[S@@](=O)N[C@@H](CC(=O)OCc1ccccc1)c1cccnc1. The van der Waals surface area contributed by atoms with E-state index in [9.17, 15) is 9.00 Å². The minimum absolute atomic E-state index is 0.00263. The van der Waals surface area contributed by atoms with E-state index >= 15 is 0 Å². The van der Waals surface area contributed by atoms with Crippen molar-refractivity contribution in [3.05, 3.63) is 102 Å². The molecule has 0 spiro atoms. The minimum Gasteiger partial charge on any atom is -0.495 e. The molecule has 33 heavy (non-hydrogen) atoms. The van der Waals surface area contributed by atoms with E-state index in [1.807, 2.05) is 66.7 Å². The van der Waals surface area contributed by atoms with Gasteiger partial charge in [-0.15, -0.1) is 0 Å². The Bertz CT molecular complexity index is 1250. The number of aromatic nitrogens is 1. The van der Waals surface area contributed by atoms with Gasteiger partial charge in [0, 0.05) is 17.8 Å². The van der Waals surface area contributed by atoms with Gasteiger partial charge in [0.15, 0.2) is 0 Å². The van der Waals surface area contributed by atoms with Gasteiger partial charge in [-0.25, -0.2) is 8.93 Å². The Morgan fingerprint density at radius 2 is 1.79 bits per heavy atom. The Kier molecular flexibility index (Phi) is 7.44. The molecule has 0 saturated heterocycles. The molecular weight excluding hydrogens is 436 g/mol. The number of carbonyl (C=O) groups excluding carboxylic acids is 1. The lowest BCUT2D eigenvalue weighted by atomic mass is 10.1. The number of methoxy groups -OCH3 is 1. The molecule has 0 radical (unpaired) electrons. The highest BCUT2D eigenvalue weighted by molar-refractivity contribution is 7.83. The molecule has 3 aromatic carbocycles. The number of nitrogens with zero attached hydrogens (tertiary/aromatic N) is 1. The molecule has 0 unspecified atom stereocenters. The fourth-order valence-electron chi connectivity index (χ4n) is 3.54. The van der Waals surface area contributed by atoms with Gasteiger partial charge in [0.25, 0.3) is 0 Å². The van der Waals surface area contributed by atoms with Crippen molar-refractivity contribution in [2.75, 3.05) is 7.11 Å². The molecule has 1 aromatic heterocycles. The number of nitrogens with one attached hydrogen (secondary N) is 1. The van der Waals surface area contributed by atoms with Crippen LogP contribution in [0.15, 0.2) is 96.2 Å². The topological polar surface area (TPSA) is 77.5 Å². The summed E-state index contributed by atoms with van der Waals surface area (Å²) >= 11 is 0. The van der Waals surface area contributed by atoms with Gasteiger partial charge in [-0.2, -0.15) is 0 Å². The average molecular weight is 461 g/mol. The second-order valence-corrected chi connectivity index (χ2v) is 8.58. The number of hydrogen-bond acceptors (Lipinski definition) is 5. The summed E-state index contributed by atoms with van der Waals surface area (Å²) in [4.78, 5) is 17.3. The zero-order valence-corrected chi connectivity index (χ0v) is 19.0. The zero-order chi connectivity index (χ0) is 23.0. The van der Waals surface area contributed by atoms with Crippen LogP contribution in [0.25, 0.3) is 10.8 Å². The van der Waals surface area contributed by atoms with Gasteiger partial charge in [0.05, 0.1) is 19.6 Å². The van der Waals surface area contributed by atoms with Crippen molar-refractivity contribution in [3.8, 4) is 5.75 Å². The number of pyridine rings is 1. The summed E-state index contributed by atoms with van der Waals surface area (Å²) in [6.07, 6.45) is 3.30. The highest BCUT2D eigenvalue weighted by Gasteiger charge is 2.23. The number of esters is 1. The Morgan fingerprint density at radius 3 is 2.55 bits per heavy atom. The molecule has 2 atom stereocenters. The Morgan fingerprint density at radius 1 is 1.00 bits per heavy atom. The molecule has 0 aliphatic heterocycles. The summed E-state index contributed by atoms with van der Waals surface area (Å²) < 4.78 is 27.6. The van der Waals surface area contributed by atoms with Crippen molar-refractivity contribution >= 4 is 27.7 Å². The Hall–Kier alpha value is -3.55. The summed E-state index contributed by atoms with van der Waals surface area (Å²) in [5, 5.41) is 1.77. The van der Waals surface area contributed by atoms with Gasteiger partial charge >= 0.3 is 5.97 Å². The molecule has 1 heterocycles. The van der Waals surface area contributed by atoms with Crippen molar-refractivity contribution in [2.24, 2.45) is 0 Å². The molecule has 7 heteroatoms. The van der Waals surface area contributed by atoms with Gasteiger partial charge in [0.1, 0.15) is 28.2 Å². The summed E-state index contributed by atoms with van der Waals surface area (Å²) in [5.41, 5.74) is 1.64. The molecule has 0 bridgehead atoms. The van der Waals surface area contributed by atoms with Crippen LogP contribution in [-0.4, -0.2) is 22.3 Å². The van der Waals surface area contributed by atoms with E-state index in [1.165, 1.54) is 0 Å². The molecule has 1 N–H and O–H groups in total. The average Bonchev–Trinajstić information content (AvgIpc) is 2.87. The summed E-state index contributed by atoms with van der Waals surface area (Å²) in [5.74, 6) is 0.109. The third-order valence-electron chi connectivity index (χ3n) is 5.20. The maximum Gasteiger partial charge on any atom is 0.308 e.